The first-order valence-corrected chi connectivity index (χ1v) is 9.25. The lowest BCUT2D eigenvalue weighted by atomic mass is 10.2. The van der Waals surface area contributed by atoms with E-state index in [2.05, 4.69) is 15.5 Å². The zero-order valence-electron chi connectivity index (χ0n) is 14.7. The Bertz CT molecular complexity index is 922. The van der Waals surface area contributed by atoms with Crippen molar-refractivity contribution in [2.24, 2.45) is 10.2 Å². The lowest BCUT2D eigenvalue weighted by molar-refractivity contribution is -0.115. The number of carbonyl (C=O) groups excluding carboxylic acids is 1. The average molecular weight is 376 g/mol. The van der Waals surface area contributed by atoms with E-state index in [-0.39, 0.29) is 10.8 Å². The van der Waals surface area contributed by atoms with Gasteiger partial charge in [-0.2, -0.15) is 13.5 Å². The lowest BCUT2D eigenvalue weighted by Gasteiger charge is -2.15. The number of hydrogen-bond donors (Lipinski definition) is 2. The topological polar surface area (TPSA) is 111 Å². The first-order valence-electron chi connectivity index (χ1n) is 7.81. The van der Waals surface area contributed by atoms with Crippen LogP contribution in [0.5, 0.6) is 0 Å². The van der Waals surface area contributed by atoms with Gasteiger partial charge in [-0.25, -0.2) is 0 Å². The summed E-state index contributed by atoms with van der Waals surface area (Å²) in [6.45, 7) is 1.75. The second-order valence-electron chi connectivity index (χ2n) is 5.67. The highest BCUT2D eigenvalue weighted by Gasteiger charge is 2.09. The normalized spacial score (nSPS) is 11.5. The second-order valence-corrected chi connectivity index (χ2v) is 7.09. The monoisotopic (exact) mass is 376 g/mol. The van der Waals surface area contributed by atoms with Crippen molar-refractivity contribution in [3.8, 4) is 0 Å². The third kappa shape index (κ3) is 5.11. The molecule has 0 radical (unpaired) electrons. The number of rotatable bonds is 6. The third-order valence-corrected chi connectivity index (χ3v) is 4.37. The molecule has 2 aromatic rings. The van der Waals surface area contributed by atoms with Crippen molar-refractivity contribution in [1.29, 1.82) is 0 Å². The summed E-state index contributed by atoms with van der Waals surface area (Å²) in [6.07, 6.45) is 0.333. The van der Waals surface area contributed by atoms with Gasteiger partial charge in [0.25, 0.3) is 10.1 Å². The van der Waals surface area contributed by atoms with Crippen LogP contribution in [-0.2, 0) is 14.9 Å². The lowest BCUT2D eigenvalue weighted by Crippen LogP contribution is -2.12. The Labute approximate surface area is 152 Å². The summed E-state index contributed by atoms with van der Waals surface area (Å²) in [7, 11) is -0.472. The number of nitrogens with one attached hydrogen (secondary N) is 1. The van der Waals surface area contributed by atoms with Crippen LogP contribution < -0.4 is 10.2 Å². The van der Waals surface area contributed by atoms with Crippen molar-refractivity contribution in [2.75, 3.05) is 24.3 Å². The van der Waals surface area contributed by atoms with Gasteiger partial charge in [-0.3, -0.25) is 9.35 Å². The molecule has 8 nitrogen and oxygen atoms in total. The van der Waals surface area contributed by atoms with Gasteiger partial charge < -0.3 is 10.2 Å². The molecule has 2 rings (SSSR count). The summed E-state index contributed by atoms with van der Waals surface area (Å²) < 4.78 is 31.1. The zero-order chi connectivity index (χ0) is 19.3. The Hall–Kier alpha value is -2.78. The summed E-state index contributed by atoms with van der Waals surface area (Å²) in [6, 6.07) is 10.7. The second kappa shape index (κ2) is 8.07. The number of amides is 1. The first-order chi connectivity index (χ1) is 12.2. The van der Waals surface area contributed by atoms with Gasteiger partial charge in [0.15, 0.2) is 0 Å². The molecule has 2 aromatic carbocycles. The van der Waals surface area contributed by atoms with Crippen molar-refractivity contribution >= 4 is 38.8 Å². The van der Waals surface area contributed by atoms with Gasteiger partial charge in [-0.1, -0.05) is 6.92 Å². The highest BCUT2D eigenvalue weighted by molar-refractivity contribution is 7.85. The van der Waals surface area contributed by atoms with E-state index in [0.29, 0.717) is 23.5 Å². The van der Waals surface area contributed by atoms with Crippen LogP contribution in [0.4, 0.5) is 22.7 Å². The van der Waals surface area contributed by atoms with Crippen LogP contribution in [0.2, 0.25) is 0 Å². The molecule has 0 fully saturated rings. The number of benzene rings is 2. The van der Waals surface area contributed by atoms with E-state index in [9.17, 15) is 13.2 Å². The minimum atomic E-state index is -4.25. The largest absolute Gasteiger partial charge is 0.378 e. The van der Waals surface area contributed by atoms with Gasteiger partial charge in [0, 0.05) is 26.2 Å². The third-order valence-electron chi connectivity index (χ3n) is 3.50. The molecular weight excluding hydrogens is 356 g/mol. The van der Waals surface area contributed by atoms with Crippen LogP contribution >= 0.6 is 0 Å². The van der Waals surface area contributed by atoms with Gasteiger partial charge in [0.2, 0.25) is 5.91 Å². The van der Waals surface area contributed by atoms with Gasteiger partial charge >= 0.3 is 0 Å². The fourth-order valence-corrected chi connectivity index (χ4v) is 2.50. The van der Waals surface area contributed by atoms with Crippen LogP contribution in [0.3, 0.4) is 0 Å². The fourth-order valence-electron chi connectivity index (χ4n) is 2.02. The molecular formula is C17H20N4O4S. The summed E-state index contributed by atoms with van der Waals surface area (Å²) in [5.74, 6) is -0.144. The van der Waals surface area contributed by atoms with Crippen LogP contribution in [0.15, 0.2) is 57.6 Å². The smallest absolute Gasteiger partial charge is 0.294 e. The number of carbonyl (C=O) groups is 1. The van der Waals surface area contributed by atoms with E-state index in [1.807, 2.05) is 25.1 Å². The van der Waals surface area contributed by atoms with Gasteiger partial charge in [0.1, 0.15) is 5.69 Å². The van der Waals surface area contributed by atoms with E-state index in [0.717, 1.165) is 5.69 Å². The first kappa shape index (κ1) is 19.5. The number of hydrogen-bond acceptors (Lipinski definition) is 6. The number of nitrogens with zero attached hydrogens (tertiary/aromatic N) is 3. The zero-order valence-corrected chi connectivity index (χ0v) is 15.5. The molecule has 0 aromatic heterocycles. The molecule has 0 bridgehead atoms. The van der Waals surface area contributed by atoms with Gasteiger partial charge in [-0.15, -0.1) is 5.11 Å². The molecule has 0 aliphatic carbocycles. The minimum Gasteiger partial charge on any atom is -0.378 e. The molecule has 0 heterocycles. The molecule has 9 heteroatoms. The molecule has 0 aliphatic rings. The molecule has 0 aliphatic heterocycles. The van der Waals surface area contributed by atoms with Crippen molar-refractivity contribution in [3.63, 3.8) is 0 Å². The maximum Gasteiger partial charge on any atom is 0.294 e. The summed E-state index contributed by atoms with van der Waals surface area (Å²) in [4.78, 5) is 13.4. The predicted molar refractivity (Wildman–Crippen MR) is 100 cm³/mol. The summed E-state index contributed by atoms with van der Waals surface area (Å²) >= 11 is 0. The minimum absolute atomic E-state index is 0.144. The van der Waals surface area contributed by atoms with E-state index < -0.39 is 10.1 Å². The molecule has 0 unspecified atom stereocenters. The number of anilines is 2. The van der Waals surface area contributed by atoms with Crippen LogP contribution in [0.1, 0.15) is 13.3 Å². The highest BCUT2D eigenvalue weighted by Crippen LogP contribution is 2.31. The van der Waals surface area contributed by atoms with Crippen molar-refractivity contribution in [1.82, 2.24) is 0 Å². The van der Waals surface area contributed by atoms with Crippen molar-refractivity contribution < 1.29 is 17.8 Å². The summed E-state index contributed by atoms with van der Waals surface area (Å²) in [5, 5.41) is 11.0. The molecule has 0 spiro atoms. The van der Waals surface area contributed by atoms with E-state index in [4.69, 9.17) is 4.55 Å². The van der Waals surface area contributed by atoms with Crippen LogP contribution in [-0.4, -0.2) is 33.0 Å². The van der Waals surface area contributed by atoms with E-state index in [1.165, 1.54) is 24.3 Å². The molecule has 1 amide bonds. The Morgan fingerprint density at radius 1 is 1.12 bits per heavy atom. The molecule has 2 N–H and O–H groups in total. The quantitative estimate of drug-likeness (QED) is 0.589. The SMILES string of the molecule is CCC(=O)Nc1cc(N(C)C)ccc1N=Nc1ccc(S(=O)(=O)O)cc1. The maximum atomic E-state index is 11.7. The Morgan fingerprint density at radius 2 is 1.77 bits per heavy atom. The highest BCUT2D eigenvalue weighted by atomic mass is 32.2. The van der Waals surface area contributed by atoms with Crippen LogP contribution in [0, 0.1) is 0 Å². The molecule has 0 saturated heterocycles. The fraction of sp³-hybridized carbons (Fsp3) is 0.235. The van der Waals surface area contributed by atoms with Crippen LogP contribution in [0.25, 0.3) is 0 Å². The van der Waals surface area contributed by atoms with Gasteiger partial charge in [0.05, 0.1) is 16.3 Å². The molecule has 0 atom stereocenters. The molecule has 0 saturated carbocycles. The van der Waals surface area contributed by atoms with E-state index in [1.54, 1.807) is 19.1 Å². The number of azo groups is 1. The maximum absolute atomic E-state index is 11.7. The standard InChI is InChI=1S/C17H20N4O4S/c1-4-17(22)18-16-11-13(21(2)3)7-10-15(16)20-19-12-5-8-14(9-6-12)26(23,24)25/h5-11H,4H2,1-3H3,(H,18,22)(H,23,24,25). The van der Waals surface area contributed by atoms with E-state index >= 15 is 0 Å². The van der Waals surface area contributed by atoms with Gasteiger partial charge in [-0.05, 0) is 42.5 Å². The Balaban J connectivity index is 2.32. The molecule has 26 heavy (non-hydrogen) atoms. The summed E-state index contributed by atoms with van der Waals surface area (Å²) in [5.41, 5.74) is 2.30. The van der Waals surface area contributed by atoms with Crippen molar-refractivity contribution in [3.05, 3.63) is 42.5 Å². The Kier molecular flexibility index (Phi) is 6.06. The Morgan fingerprint density at radius 3 is 2.31 bits per heavy atom. The van der Waals surface area contributed by atoms with Crippen molar-refractivity contribution in [2.45, 2.75) is 18.2 Å². The molecule has 138 valence electrons. The average Bonchev–Trinajstić information content (AvgIpc) is 2.60. The predicted octanol–water partition coefficient (Wildman–Crippen LogP) is 3.76.